The van der Waals surface area contributed by atoms with Crippen LogP contribution in [0.15, 0.2) is 47.3 Å². The first-order valence-corrected chi connectivity index (χ1v) is 8.99. The van der Waals surface area contributed by atoms with Crippen LogP contribution in [0.1, 0.15) is 0 Å². The minimum Gasteiger partial charge on any atom is -0.493 e. The lowest BCUT2D eigenvalue weighted by atomic mass is 10.2. The van der Waals surface area contributed by atoms with Gasteiger partial charge in [0, 0.05) is 19.8 Å². The number of amides is 2. The number of aryl methyl sites for hydroxylation is 2. The Morgan fingerprint density at radius 1 is 1.04 bits per heavy atom. The van der Waals surface area contributed by atoms with Gasteiger partial charge >= 0.3 is 11.7 Å². The quantitative estimate of drug-likeness (QED) is 0.750. The van der Waals surface area contributed by atoms with Gasteiger partial charge in [-0.25, -0.2) is 9.59 Å². The third kappa shape index (κ3) is 3.06. The van der Waals surface area contributed by atoms with Crippen molar-refractivity contribution in [1.29, 1.82) is 0 Å². The van der Waals surface area contributed by atoms with Gasteiger partial charge in [0.1, 0.15) is 6.10 Å². The molecule has 0 spiro atoms. The van der Waals surface area contributed by atoms with Crippen LogP contribution < -0.4 is 20.5 Å². The van der Waals surface area contributed by atoms with Gasteiger partial charge in [0.2, 0.25) is 0 Å². The third-order valence-corrected chi connectivity index (χ3v) is 5.02. The molecule has 2 amide bonds. The number of likely N-dealkylation sites (tertiary alicyclic amines) is 1. The standard InChI is InChI=1S/C20H22N4O4/c1-22-15-9-8-13(10-16(15)23(2)20(22)26)21-19(25)24-11-14(12-24)28-18-7-5-4-6-17(18)27-3/h4-10,14H,11-12H2,1-3H3,(H,21,25). The van der Waals surface area contributed by atoms with Gasteiger partial charge in [-0.2, -0.15) is 0 Å². The minimum absolute atomic E-state index is 0.0699. The molecule has 0 atom stereocenters. The van der Waals surface area contributed by atoms with Crippen molar-refractivity contribution in [2.75, 3.05) is 25.5 Å². The zero-order valence-corrected chi connectivity index (χ0v) is 16.0. The van der Waals surface area contributed by atoms with Gasteiger partial charge in [-0.05, 0) is 30.3 Å². The number of benzene rings is 2. The highest BCUT2D eigenvalue weighted by Gasteiger charge is 2.33. The lowest BCUT2D eigenvalue weighted by Gasteiger charge is -2.38. The number of imidazole rings is 1. The monoisotopic (exact) mass is 382 g/mol. The first-order valence-electron chi connectivity index (χ1n) is 8.99. The zero-order valence-electron chi connectivity index (χ0n) is 16.0. The van der Waals surface area contributed by atoms with E-state index in [-0.39, 0.29) is 17.8 Å². The maximum Gasteiger partial charge on any atom is 0.328 e. The highest BCUT2D eigenvalue weighted by molar-refractivity contribution is 5.92. The van der Waals surface area contributed by atoms with E-state index < -0.39 is 0 Å². The smallest absolute Gasteiger partial charge is 0.328 e. The van der Waals surface area contributed by atoms with E-state index in [1.807, 2.05) is 30.3 Å². The van der Waals surface area contributed by atoms with E-state index in [0.717, 1.165) is 11.0 Å². The second-order valence-corrected chi connectivity index (χ2v) is 6.83. The molecule has 1 N–H and O–H groups in total. The van der Waals surface area contributed by atoms with Gasteiger partial charge < -0.3 is 19.7 Å². The molecule has 2 heterocycles. The summed E-state index contributed by atoms with van der Waals surface area (Å²) in [6, 6.07) is 12.7. The molecule has 1 fully saturated rings. The molecule has 8 heteroatoms. The molecule has 0 radical (unpaired) electrons. The molecule has 1 aromatic heterocycles. The normalized spacial score (nSPS) is 14.0. The van der Waals surface area contributed by atoms with E-state index in [0.29, 0.717) is 30.3 Å². The van der Waals surface area contributed by atoms with Crippen molar-refractivity contribution in [2.24, 2.45) is 14.1 Å². The predicted molar refractivity (Wildman–Crippen MR) is 106 cm³/mol. The van der Waals surface area contributed by atoms with Crippen molar-refractivity contribution < 1.29 is 14.3 Å². The average molecular weight is 382 g/mol. The number of carbonyl (C=O) groups excluding carboxylic acids is 1. The molecule has 0 unspecified atom stereocenters. The summed E-state index contributed by atoms with van der Waals surface area (Å²) in [5.41, 5.74) is 2.14. The second kappa shape index (κ2) is 6.95. The van der Waals surface area contributed by atoms with Crippen LogP contribution in [0.3, 0.4) is 0 Å². The minimum atomic E-state index is -0.194. The number of para-hydroxylation sites is 2. The Bertz CT molecular complexity index is 1100. The molecule has 28 heavy (non-hydrogen) atoms. The summed E-state index contributed by atoms with van der Waals surface area (Å²) in [4.78, 5) is 26.2. The van der Waals surface area contributed by atoms with Crippen LogP contribution in [0.4, 0.5) is 10.5 Å². The molecular formula is C20H22N4O4. The number of ether oxygens (including phenoxy) is 2. The summed E-state index contributed by atoms with van der Waals surface area (Å²) in [7, 11) is 5.04. The number of carbonyl (C=O) groups is 1. The molecule has 2 aromatic carbocycles. The SMILES string of the molecule is COc1ccccc1OC1CN(C(=O)Nc2ccc3c(c2)n(C)c(=O)n3C)C1. The number of rotatable bonds is 4. The predicted octanol–water partition coefficient (Wildman–Crippen LogP) is 2.18. The lowest BCUT2D eigenvalue weighted by Crippen LogP contribution is -2.57. The summed E-state index contributed by atoms with van der Waals surface area (Å²) < 4.78 is 14.3. The first-order chi connectivity index (χ1) is 13.5. The summed E-state index contributed by atoms with van der Waals surface area (Å²) in [5.74, 6) is 1.35. The van der Waals surface area contributed by atoms with Crippen LogP contribution in [0.5, 0.6) is 11.5 Å². The fraction of sp³-hybridized carbons (Fsp3) is 0.300. The number of hydrogen-bond donors (Lipinski definition) is 1. The molecule has 0 aliphatic carbocycles. The fourth-order valence-electron chi connectivity index (χ4n) is 3.36. The van der Waals surface area contributed by atoms with Crippen molar-refractivity contribution in [2.45, 2.75) is 6.10 Å². The summed E-state index contributed by atoms with van der Waals surface area (Å²) in [6.45, 7) is 0.992. The Morgan fingerprint density at radius 3 is 2.43 bits per heavy atom. The van der Waals surface area contributed by atoms with E-state index in [2.05, 4.69) is 5.32 Å². The number of anilines is 1. The molecule has 1 saturated heterocycles. The Morgan fingerprint density at radius 2 is 1.71 bits per heavy atom. The molecule has 0 saturated carbocycles. The van der Waals surface area contributed by atoms with Crippen molar-refractivity contribution >= 4 is 22.8 Å². The first kappa shape index (κ1) is 18.0. The van der Waals surface area contributed by atoms with Gasteiger partial charge in [0.15, 0.2) is 11.5 Å². The molecule has 1 aliphatic rings. The Hall–Kier alpha value is -3.42. The van der Waals surface area contributed by atoms with Crippen LogP contribution in [-0.2, 0) is 14.1 Å². The van der Waals surface area contributed by atoms with Crippen LogP contribution in [0.2, 0.25) is 0 Å². The number of nitrogens with zero attached hydrogens (tertiary/aromatic N) is 3. The Labute approximate surface area is 161 Å². The number of hydrogen-bond acceptors (Lipinski definition) is 4. The van der Waals surface area contributed by atoms with Gasteiger partial charge in [-0.1, -0.05) is 12.1 Å². The molecule has 1 aliphatic heterocycles. The van der Waals surface area contributed by atoms with Crippen molar-refractivity contribution in [3.8, 4) is 11.5 Å². The molecular weight excluding hydrogens is 360 g/mol. The average Bonchev–Trinajstić information content (AvgIpc) is 2.88. The number of urea groups is 1. The number of methoxy groups -OCH3 is 1. The van der Waals surface area contributed by atoms with Gasteiger partial charge in [0.05, 0.1) is 31.2 Å². The van der Waals surface area contributed by atoms with E-state index in [1.54, 1.807) is 47.4 Å². The topological polar surface area (TPSA) is 77.7 Å². The Kier molecular flexibility index (Phi) is 4.46. The fourth-order valence-corrected chi connectivity index (χ4v) is 3.36. The van der Waals surface area contributed by atoms with E-state index >= 15 is 0 Å². The summed E-state index contributed by atoms with van der Waals surface area (Å²) >= 11 is 0. The van der Waals surface area contributed by atoms with Crippen LogP contribution >= 0.6 is 0 Å². The third-order valence-electron chi connectivity index (χ3n) is 5.02. The zero-order chi connectivity index (χ0) is 19.8. The van der Waals surface area contributed by atoms with E-state index in [9.17, 15) is 9.59 Å². The van der Waals surface area contributed by atoms with Gasteiger partial charge in [0.25, 0.3) is 0 Å². The number of nitrogens with one attached hydrogen (secondary N) is 1. The summed E-state index contributed by atoms with van der Waals surface area (Å²) in [6.07, 6.45) is -0.0699. The summed E-state index contributed by atoms with van der Waals surface area (Å²) in [5, 5.41) is 2.88. The molecule has 146 valence electrons. The highest BCUT2D eigenvalue weighted by atomic mass is 16.5. The van der Waals surface area contributed by atoms with Crippen molar-refractivity contribution in [1.82, 2.24) is 14.0 Å². The van der Waals surface area contributed by atoms with Crippen molar-refractivity contribution in [3.63, 3.8) is 0 Å². The van der Waals surface area contributed by atoms with Crippen LogP contribution in [0.25, 0.3) is 11.0 Å². The van der Waals surface area contributed by atoms with Gasteiger partial charge in [-0.3, -0.25) is 9.13 Å². The maximum absolute atomic E-state index is 12.5. The molecule has 4 rings (SSSR count). The van der Waals surface area contributed by atoms with E-state index in [1.165, 1.54) is 0 Å². The molecule has 0 bridgehead atoms. The highest BCUT2D eigenvalue weighted by Crippen LogP contribution is 2.29. The molecule has 8 nitrogen and oxygen atoms in total. The second-order valence-electron chi connectivity index (χ2n) is 6.83. The van der Waals surface area contributed by atoms with Crippen LogP contribution in [-0.4, -0.2) is 46.4 Å². The van der Waals surface area contributed by atoms with Gasteiger partial charge in [-0.15, -0.1) is 0 Å². The van der Waals surface area contributed by atoms with Crippen molar-refractivity contribution in [3.05, 3.63) is 52.9 Å². The largest absolute Gasteiger partial charge is 0.493 e. The number of aromatic nitrogens is 2. The van der Waals surface area contributed by atoms with Crippen LogP contribution in [0, 0.1) is 0 Å². The Balaban J connectivity index is 1.38. The maximum atomic E-state index is 12.5. The van der Waals surface area contributed by atoms with E-state index in [4.69, 9.17) is 9.47 Å². The number of fused-ring (bicyclic) bond motifs is 1. The lowest BCUT2D eigenvalue weighted by molar-refractivity contribution is 0.0474. The molecule has 3 aromatic rings.